The predicted octanol–water partition coefficient (Wildman–Crippen LogP) is -1.47. The molecule has 0 unspecified atom stereocenters. The zero-order chi connectivity index (χ0) is 30.8. The first kappa shape index (κ1) is 28.7. The summed E-state index contributed by atoms with van der Waals surface area (Å²) in [7, 11) is 0. The van der Waals surface area contributed by atoms with E-state index in [1.54, 1.807) is 18.4 Å². The van der Waals surface area contributed by atoms with Crippen molar-refractivity contribution in [1.82, 2.24) is 39.0 Å². The van der Waals surface area contributed by atoms with Crippen LogP contribution in [0.25, 0.3) is 22.3 Å². The third-order valence-electron chi connectivity index (χ3n) is 7.23. The van der Waals surface area contributed by atoms with Crippen molar-refractivity contribution in [1.29, 1.82) is 0 Å². The van der Waals surface area contributed by atoms with Gasteiger partial charge in [-0.2, -0.15) is 0 Å². The Morgan fingerprint density at radius 2 is 1.30 bits per heavy atom. The maximum absolute atomic E-state index is 11.5. The summed E-state index contributed by atoms with van der Waals surface area (Å²) in [6, 6.07) is 0. The summed E-state index contributed by atoms with van der Waals surface area (Å²) in [6.45, 7) is 4.75. The number of aliphatic carboxylic acids is 1. The van der Waals surface area contributed by atoms with Gasteiger partial charge in [0.15, 0.2) is 53.1 Å². The first-order valence-corrected chi connectivity index (χ1v) is 13.0. The van der Waals surface area contributed by atoms with Crippen LogP contribution in [0.4, 0.5) is 11.6 Å². The fourth-order valence-electron chi connectivity index (χ4n) is 5.34. The maximum atomic E-state index is 11.5. The highest BCUT2D eigenvalue weighted by Crippen LogP contribution is 2.44. The minimum Gasteiger partial charge on any atom is -0.479 e. The van der Waals surface area contributed by atoms with Crippen LogP contribution in [0.1, 0.15) is 33.2 Å². The van der Waals surface area contributed by atoms with Gasteiger partial charge in [0.25, 0.3) is 0 Å². The molecule has 0 bridgehead atoms. The van der Waals surface area contributed by atoms with Gasteiger partial charge in [0.2, 0.25) is 0 Å². The number of aromatic nitrogens is 8. The lowest BCUT2D eigenvalue weighted by atomic mass is 10.1. The number of Topliss-reactive ketones (excluding diaryl/α,β-unsaturated/α-hetero) is 1. The topological polar surface area (TPSA) is 271 Å². The van der Waals surface area contributed by atoms with Crippen LogP contribution >= 0.6 is 0 Å². The van der Waals surface area contributed by atoms with Crippen LogP contribution in [0.5, 0.6) is 0 Å². The van der Waals surface area contributed by atoms with E-state index in [-0.39, 0.29) is 17.4 Å². The van der Waals surface area contributed by atoms with Crippen LogP contribution in [0, 0.1) is 0 Å². The molecular formula is C24H28N10O9. The molecule has 3 fully saturated rings. The normalized spacial score (nSPS) is 31.2. The molecule has 0 spiro atoms. The maximum Gasteiger partial charge on any atom is 0.335 e. The molecule has 19 nitrogen and oxygen atoms in total. The zero-order valence-electron chi connectivity index (χ0n) is 23.0. The Hall–Kier alpha value is -4.40. The fourth-order valence-corrected chi connectivity index (χ4v) is 5.34. The summed E-state index contributed by atoms with van der Waals surface area (Å²) in [4.78, 5) is 46.9. The van der Waals surface area contributed by atoms with Gasteiger partial charge < -0.3 is 45.7 Å². The molecule has 3 saturated heterocycles. The smallest absolute Gasteiger partial charge is 0.335 e. The molecule has 43 heavy (non-hydrogen) atoms. The van der Waals surface area contributed by atoms with Crippen LogP contribution < -0.4 is 11.5 Å². The number of nitrogens with zero attached hydrogens (tertiary/aromatic N) is 8. The van der Waals surface area contributed by atoms with Gasteiger partial charge in [-0.15, -0.1) is 0 Å². The highest BCUT2D eigenvalue weighted by molar-refractivity contribution is 5.83. The Bertz CT molecular complexity index is 1710. The van der Waals surface area contributed by atoms with Gasteiger partial charge in [-0.1, -0.05) is 0 Å². The summed E-state index contributed by atoms with van der Waals surface area (Å²) >= 11 is 0. The molecule has 0 aromatic carbocycles. The summed E-state index contributed by atoms with van der Waals surface area (Å²) in [5.74, 6) is -1.93. The number of aliphatic hydroxyl groups is 2. The summed E-state index contributed by atoms with van der Waals surface area (Å²) < 4.78 is 25.6. The van der Waals surface area contributed by atoms with Crippen LogP contribution in [0.2, 0.25) is 0 Å². The molecule has 4 aromatic heterocycles. The monoisotopic (exact) mass is 600 g/mol. The second kappa shape index (κ2) is 10.4. The Balaban J connectivity index is 0.000000155. The molecule has 228 valence electrons. The van der Waals surface area contributed by atoms with Crippen molar-refractivity contribution in [2.75, 3.05) is 11.5 Å². The second-order valence-corrected chi connectivity index (χ2v) is 10.6. The quantitative estimate of drug-likeness (QED) is 0.179. The molecule has 0 radical (unpaired) electrons. The lowest BCUT2D eigenvalue weighted by Gasteiger charge is -2.23. The van der Waals surface area contributed by atoms with Crippen LogP contribution in [-0.4, -0.2) is 109 Å². The van der Waals surface area contributed by atoms with Crippen molar-refractivity contribution in [3.05, 3.63) is 25.3 Å². The summed E-state index contributed by atoms with van der Waals surface area (Å²) in [6.07, 6.45) is -2.36. The molecule has 4 aromatic rings. The van der Waals surface area contributed by atoms with Crippen LogP contribution in [-0.2, 0) is 28.5 Å². The number of carboxylic acids is 1. The minimum absolute atomic E-state index is 0.199. The Morgan fingerprint density at radius 3 is 1.81 bits per heavy atom. The molecule has 7 heterocycles. The fraction of sp³-hybridized carbons (Fsp3) is 0.500. The van der Waals surface area contributed by atoms with Crippen LogP contribution in [0.3, 0.4) is 0 Å². The number of nitrogen functional groups attached to an aromatic ring is 2. The van der Waals surface area contributed by atoms with E-state index in [0.29, 0.717) is 22.3 Å². The minimum atomic E-state index is -1.30. The molecular weight excluding hydrogens is 572 g/mol. The largest absolute Gasteiger partial charge is 0.479 e. The highest BCUT2D eigenvalue weighted by Gasteiger charge is 2.58. The number of ether oxygens (including phenoxy) is 4. The molecule has 0 amide bonds. The standard InChI is InChI=1S/C13H15N5O5.C11H13N5O4/c1-13(2)22-6-7(23-13)11(21-8(6)12(19)20)18-4-17-5-9(14)15-3-16-10(5)18;1-4(17)8-6(18)7(19)11(20-8)16-3-15-5-9(12)13-2-14-10(5)16/h3-4,6-8,11H,1-2H3,(H,19,20)(H2,14,15,16);2-3,6-8,11,18-19H,1H3,(H2,12,13,14)/t6-,7+,8-,11+;6-,7+,8+,11+/m00/s1. The van der Waals surface area contributed by atoms with Crippen LogP contribution in [0.15, 0.2) is 25.3 Å². The van der Waals surface area contributed by atoms with Crippen molar-refractivity contribution in [2.24, 2.45) is 0 Å². The van der Waals surface area contributed by atoms with Gasteiger partial charge in [-0.3, -0.25) is 13.9 Å². The van der Waals surface area contributed by atoms with Crippen molar-refractivity contribution >= 4 is 45.7 Å². The average molecular weight is 601 g/mol. The molecule has 7 N–H and O–H groups in total. The molecule has 3 aliphatic heterocycles. The third kappa shape index (κ3) is 4.80. The van der Waals surface area contributed by atoms with Gasteiger partial charge in [-0.05, 0) is 20.8 Å². The lowest BCUT2D eigenvalue weighted by molar-refractivity contribution is -0.202. The number of ketones is 1. The summed E-state index contributed by atoms with van der Waals surface area (Å²) in [5, 5.41) is 29.2. The van der Waals surface area contributed by atoms with Gasteiger partial charge in [-0.25, -0.2) is 34.7 Å². The number of carbonyl (C=O) groups excluding carboxylic acids is 1. The Morgan fingerprint density at radius 1 is 0.791 bits per heavy atom. The molecule has 8 atom stereocenters. The van der Waals surface area contributed by atoms with Crippen molar-refractivity contribution < 1.29 is 43.9 Å². The van der Waals surface area contributed by atoms with Gasteiger partial charge >= 0.3 is 5.97 Å². The number of imidazole rings is 2. The van der Waals surface area contributed by atoms with Gasteiger partial charge in [0.05, 0.1) is 12.7 Å². The lowest BCUT2D eigenvalue weighted by Crippen LogP contribution is -2.35. The van der Waals surface area contributed by atoms with Gasteiger partial charge in [0.1, 0.15) is 54.2 Å². The number of hydrogen-bond donors (Lipinski definition) is 5. The van der Waals surface area contributed by atoms with Crippen molar-refractivity contribution in [3.63, 3.8) is 0 Å². The number of rotatable bonds is 4. The van der Waals surface area contributed by atoms with E-state index in [9.17, 15) is 24.9 Å². The number of carbonyl (C=O) groups is 2. The molecule has 7 rings (SSSR count). The number of fused-ring (bicyclic) bond motifs is 3. The molecule has 19 heteroatoms. The number of aliphatic hydroxyl groups excluding tert-OH is 2. The average Bonchev–Trinajstić information content (AvgIpc) is 3.74. The molecule has 0 aliphatic carbocycles. The highest BCUT2D eigenvalue weighted by atomic mass is 16.8. The Labute approximate surface area is 241 Å². The van der Waals surface area contributed by atoms with E-state index in [0.717, 1.165) is 0 Å². The number of anilines is 2. The van der Waals surface area contributed by atoms with E-state index in [1.165, 1.54) is 36.8 Å². The zero-order valence-corrected chi connectivity index (χ0v) is 23.0. The first-order chi connectivity index (χ1) is 20.4. The SMILES string of the molecule is CC(=O)[C@H]1O[C@@H](n2cnc3c(N)ncnc32)[C@H](O)[C@@H]1O.CC1(C)O[C@@H]2[C@H](O1)[C@@H](C(=O)O)O[C@H]2n1cnc2c(N)ncnc21. The van der Waals surface area contributed by atoms with E-state index in [4.69, 9.17) is 30.4 Å². The van der Waals surface area contributed by atoms with Gasteiger partial charge in [0, 0.05) is 0 Å². The van der Waals surface area contributed by atoms with Crippen molar-refractivity contribution in [3.8, 4) is 0 Å². The molecule has 3 aliphatic rings. The molecule has 0 saturated carbocycles. The predicted molar refractivity (Wildman–Crippen MR) is 141 cm³/mol. The summed E-state index contributed by atoms with van der Waals surface area (Å²) in [5.41, 5.74) is 13.0. The van der Waals surface area contributed by atoms with E-state index >= 15 is 0 Å². The van der Waals surface area contributed by atoms with E-state index in [1.807, 2.05) is 0 Å². The van der Waals surface area contributed by atoms with E-state index < -0.39 is 60.8 Å². The Kier molecular flexibility index (Phi) is 6.94. The van der Waals surface area contributed by atoms with Crippen molar-refractivity contribution in [2.45, 2.75) is 75.6 Å². The first-order valence-electron chi connectivity index (χ1n) is 13.0. The number of hydrogen-bond acceptors (Lipinski definition) is 16. The van der Waals surface area contributed by atoms with E-state index in [2.05, 4.69) is 29.9 Å². The number of carboxylic acid groups (broad SMARTS) is 1. The number of nitrogens with two attached hydrogens (primary N) is 2. The second-order valence-electron chi connectivity index (χ2n) is 10.6. The third-order valence-corrected chi connectivity index (χ3v) is 7.23.